The second-order valence-corrected chi connectivity index (χ2v) is 10.8. The van der Waals surface area contributed by atoms with Crippen LogP contribution in [0.5, 0.6) is 5.75 Å². The van der Waals surface area contributed by atoms with Crippen LogP contribution in [0.2, 0.25) is 0 Å². The van der Waals surface area contributed by atoms with E-state index in [1.54, 1.807) is 12.1 Å². The second kappa shape index (κ2) is 11.5. The van der Waals surface area contributed by atoms with Gasteiger partial charge >= 0.3 is 12.3 Å². The minimum Gasteiger partial charge on any atom is -0.429 e. The number of hydrogen-bond acceptors (Lipinski definition) is 1. The number of unbranched alkanes of at least 4 members (excludes halogenated alkanes) is 1. The molecule has 36 heavy (non-hydrogen) atoms. The highest BCUT2D eigenvalue weighted by Gasteiger charge is 2.36. The molecule has 2 saturated carbocycles. The fraction of sp³-hybridized carbons (Fsp3) is 0.600. The van der Waals surface area contributed by atoms with Gasteiger partial charge in [-0.25, -0.2) is 0 Å². The molecule has 0 heterocycles. The van der Waals surface area contributed by atoms with Crippen molar-refractivity contribution in [1.29, 1.82) is 0 Å². The first kappa shape index (κ1) is 26.9. The first-order valence-electron chi connectivity index (χ1n) is 13.5. The molecule has 2 aromatic rings. The normalized spacial score (nSPS) is 25.5. The lowest BCUT2D eigenvalue weighted by Crippen LogP contribution is -2.25. The molecule has 0 N–H and O–H groups in total. The first-order valence-corrected chi connectivity index (χ1v) is 13.5. The van der Waals surface area contributed by atoms with Crippen molar-refractivity contribution in [3.8, 4) is 5.75 Å². The predicted molar refractivity (Wildman–Crippen MR) is 132 cm³/mol. The molecule has 0 amide bonds. The third-order valence-electron chi connectivity index (χ3n) is 8.44. The Morgan fingerprint density at radius 3 is 1.75 bits per heavy atom. The van der Waals surface area contributed by atoms with Crippen LogP contribution in [0.4, 0.5) is 22.0 Å². The average Bonchev–Trinajstić information content (AvgIpc) is 2.87. The van der Waals surface area contributed by atoms with Gasteiger partial charge in [-0.1, -0.05) is 51.2 Å². The summed E-state index contributed by atoms with van der Waals surface area (Å²) in [5, 5.41) is 0. The van der Waals surface area contributed by atoms with Crippen LogP contribution in [-0.4, -0.2) is 0 Å². The van der Waals surface area contributed by atoms with Gasteiger partial charge in [-0.15, -0.1) is 0 Å². The molecule has 0 radical (unpaired) electrons. The van der Waals surface area contributed by atoms with Crippen molar-refractivity contribution in [2.45, 2.75) is 95.8 Å². The Kier molecular flexibility index (Phi) is 8.62. The van der Waals surface area contributed by atoms with Crippen molar-refractivity contribution < 1.29 is 26.7 Å². The third kappa shape index (κ3) is 6.80. The molecule has 0 bridgehead atoms. The summed E-state index contributed by atoms with van der Waals surface area (Å²) in [4.78, 5) is 0. The van der Waals surface area contributed by atoms with Crippen LogP contribution in [-0.2, 0) is 12.3 Å². The Morgan fingerprint density at radius 1 is 0.694 bits per heavy atom. The van der Waals surface area contributed by atoms with Gasteiger partial charge in [-0.2, -0.15) is 22.0 Å². The zero-order valence-electron chi connectivity index (χ0n) is 21.0. The van der Waals surface area contributed by atoms with Crippen LogP contribution >= 0.6 is 0 Å². The van der Waals surface area contributed by atoms with Crippen molar-refractivity contribution in [3.63, 3.8) is 0 Å². The lowest BCUT2D eigenvalue weighted by atomic mass is 9.68. The summed E-state index contributed by atoms with van der Waals surface area (Å²) in [6.45, 7) is 2.26. The maximum atomic E-state index is 14.7. The van der Waals surface area contributed by atoms with Crippen LogP contribution < -0.4 is 4.74 Å². The van der Waals surface area contributed by atoms with Gasteiger partial charge in [-0.05, 0) is 104 Å². The standard InChI is InChI=1S/C30H37F5O/c1-2-3-4-21-5-7-22(8-6-21)23-9-11-24(12-10-23)25-13-15-27(16-14-25)30(34,35)36-28-19-17-26(18-20-28)29(31,32)33/h13-24H,2-12H2,1H3/t21-,22-,23-,24-. The molecule has 2 fully saturated rings. The predicted octanol–water partition coefficient (Wildman–Crippen LogP) is 10.1. The smallest absolute Gasteiger partial charge is 0.426 e. The number of halogens is 5. The Hall–Kier alpha value is -2.11. The Bertz CT molecular complexity index is 935. The molecule has 0 atom stereocenters. The Balaban J connectivity index is 1.28. The largest absolute Gasteiger partial charge is 0.429 e. The molecular formula is C30H37F5O. The van der Waals surface area contributed by atoms with Crippen LogP contribution in [0.1, 0.15) is 100 Å². The van der Waals surface area contributed by atoms with Crippen LogP contribution in [0.15, 0.2) is 48.5 Å². The van der Waals surface area contributed by atoms with E-state index in [2.05, 4.69) is 6.92 Å². The average molecular weight is 509 g/mol. The lowest BCUT2D eigenvalue weighted by Gasteiger charge is -2.38. The molecule has 0 saturated heterocycles. The molecule has 1 nitrogen and oxygen atoms in total. The highest BCUT2D eigenvalue weighted by atomic mass is 19.4. The van der Waals surface area contributed by atoms with Crippen molar-refractivity contribution in [2.75, 3.05) is 0 Å². The fourth-order valence-corrected chi connectivity index (χ4v) is 6.23. The molecule has 0 unspecified atom stereocenters. The molecule has 198 valence electrons. The Labute approximate surface area is 211 Å². The summed E-state index contributed by atoms with van der Waals surface area (Å²) >= 11 is 0. The van der Waals surface area contributed by atoms with Crippen molar-refractivity contribution in [2.24, 2.45) is 17.8 Å². The van der Waals surface area contributed by atoms with Gasteiger partial charge in [0.25, 0.3) is 0 Å². The molecule has 2 aromatic carbocycles. The molecule has 0 aliphatic heterocycles. The van der Waals surface area contributed by atoms with Gasteiger partial charge in [0.1, 0.15) is 5.75 Å². The number of hydrogen-bond donors (Lipinski definition) is 0. The SMILES string of the molecule is CCCC[C@H]1CC[C@H]([C@H]2CC[C@H](c3ccc(C(F)(F)Oc4ccc(C(F)(F)F)cc4)cc3)CC2)CC1. The maximum Gasteiger partial charge on any atom is 0.426 e. The van der Waals surface area contributed by atoms with E-state index in [4.69, 9.17) is 4.74 Å². The van der Waals surface area contributed by atoms with Crippen molar-refractivity contribution in [1.82, 2.24) is 0 Å². The van der Waals surface area contributed by atoms with Crippen LogP contribution in [0.25, 0.3) is 0 Å². The van der Waals surface area contributed by atoms with E-state index in [-0.39, 0.29) is 11.3 Å². The molecule has 4 rings (SSSR count). The van der Waals surface area contributed by atoms with E-state index in [0.717, 1.165) is 60.4 Å². The van der Waals surface area contributed by atoms with E-state index in [0.29, 0.717) is 5.92 Å². The van der Waals surface area contributed by atoms with Crippen LogP contribution in [0, 0.1) is 17.8 Å². The molecule has 0 spiro atoms. The molecule has 6 heteroatoms. The van der Waals surface area contributed by atoms with E-state index >= 15 is 0 Å². The fourth-order valence-electron chi connectivity index (χ4n) is 6.23. The minimum atomic E-state index is -4.52. The third-order valence-corrected chi connectivity index (χ3v) is 8.44. The van der Waals surface area contributed by atoms with E-state index < -0.39 is 17.8 Å². The summed E-state index contributed by atoms with van der Waals surface area (Å²) in [5.74, 6) is 2.66. The molecule has 0 aromatic heterocycles. The van der Waals surface area contributed by atoms with Crippen molar-refractivity contribution in [3.05, 3.63) is 65.2 Å². The zero-order valence-corrected chi connectivity index (χ0v) is 21.0. The highest BCUT2D eigenvalue weighted by Crippen LogP contribution is 2.45. The zero-order chi connectivity index (χ0) is 25.8. The monoisotopic (exact) mass is 508 g/mol. The second-order valence-electron chi connectivity index (χ2n) is 10.8. The lowest BCUT2D eigenvalue weighted by molar-refractivity contribution is -0.185. The van der Waals surface area contributed by atoms with Gasteiger partial charge in [0.05, 0.1) is 11.1 Å². The summed E-state index contributed by atoms with van der Waals surface area (Å²) < 4.78 is 72.1. The number of alkyl halides is 5. The number of ether oxygens (including phenoxy) is 1. The quantitative estimate of drug-likeness (QED) is 0.322. The van der Waals surface area contributed by atoms with Gasteiger partial charge < -0.3 is 4.74 Å². The van der Waals surface area contributed by atoms with E-state index in [9.17, 15) is 22.0 Å². The molecular weight excluding hydrogens is 471 g/mol. The van der Waals surface area contributed by atoms with Gasteiger partial charge in [-0.3, -0.25) is 0 Å². The Morgan fingerprint density at radius 2 is 1.22 bits per heavy atom. The maximum absolute atomic E-state index is 14.7. The first-order chi connectivity index (χ1) is 17.2. The summed E-state index contributed by atoms with van der Waals surface area (Å²) in [5.41, 5.74) is -0.137. The van der Waals surface area contributed by atoms with Gasteiger partial charge in [0.15, 0.2) is 0 Å². The summed E-state index contributed by atoms with van der Waals surface area (Å²) in [7, 11) is 0. The number of rotatable bonds is 8. The van der Waals surface area contributed by atoms with E-state index in [1.165, 1.54) is 69.9 Å². The molecule has 2 aliphatic rings. The van der Waals surface area contributed by atoms with Crippen LogP contribution in [0.3, 0.4) is 0 Å². The van der Waals surface area contributed by atoms with Gasteiger partial charge in [0.2, 0.25) is 0 Å². The van der Waals surface area contributed by atoms with Crippen molar-refractivity contribution >= 4 is 0 Å². The van der Waals surface area contributed by atoms with E-state index in [1.807, 2.05) is 0 Å². The summed E-state index contributed by atoms with van der Waals surface area (Å²) in [6.07, 6.45) is 5.99. The number of benzene rings is 2. The minimum absolute atomic E-state index is 0.306. The molecule has 2 aliphatic carbocycles. The highest BCUT2D eigenvalue weighted by molar-refractivity contribution is 5.31. The van der Waals surface area contributed by atoms with Gasteiger partial charge in [0, 0.05) is 0 Å². The topological polar surface area (TPSA) is 9.23 Å². The summed E-state index contributed by atoms with van der Waals surface area (Å²) in [6, 6.07) is 9.58.